The van der Waals surface area contributed by atoms with Gasteiger partial charge in [0.1, 0.15) is 11.3 Å². The second-order valence-electron chi connectivity index (χ2n) is 7.65. The molecule has 7 heteroatoms. The van der Waals surface area contributed by atoms with Gasteiger partial charge < -0.3 is 9.30 Å². The lowest BCUT2D eigenvalue weighted by atomic mass is 10.1. The number of hydrogen-bond donors (Lipinski definition) is 1. The first kappa shape index (κ1) is 21.0. The summed E-state index contributed by atoms with van der Waals surface area (Å²) < 4.78 is 8.01. The van der Waals surface area contributed by atoms with Crippen LogP contribution in [0.25, 0.3) is 0 Å². The lowest BCUT2D eigenvalue weighted by Gasteiger charge is -2.23. The normalized spacial score (nSPS) is 11.4. The fraction of sp³-hybridized carbons (Fsp3) is 0.208. The Kier molecular flexibility index (Phi) is 6.25. The lowest BCUT2D eigenvalue weighted by molar-refractivity contribution is -0.0362. The van der Waals surface area contributed by atoms with Crippen molar-refractivity contribution in [2.45, 2.75) is 32.6 Å². The van der Waals surface area contributed by atoms with Crippen LogP contribution >= 0.6 is 11.3 Å². The van der Waals surface area contributed by atoms with Gasteiger partial charge in [-0.05, 0) is 49.2 Å². The van der Waals surface area contributed by atoms with Crippen molar-refractivity contribution in [3.05, 3.63) is 101 Å². The highest BCUT2D eigenvalue weighted by molar-refractivity contribution is 7.14. The summed E-state index contributed by atoms with van der Waals surface area (Å²) in [6, 6.07) is 17.6. The number of anilines is 1. The monoisotopic (exact) mass is 432 g/mol. The summed E-state index contributed by atoms with van der Waals surface area (Å²) in [7, 11) is 0. The van der Waals surface area contributed by atoms with Crippen LogP contribution in [0.15, 0.2) is 78.6 Å². The van der Waals surface area contributed by atoms with Crippen LogP contribution < -0.4 is 5.32 Å². The molecule has 0 atom stereocenters. The number of nitrogens with one attached hydrogen (secondary N) is 1. The van der Waals surface area contributed by atoms with E-state index in [2.05, 4.69) is 15.3 Å². The Labute approximate surface area is 185 Å². The molecular formula is C24H24N4O2S. The van der Waals surface area contributed by atoms with Gasteiger partial charge in [0.2, 0.25) is 0 Å². The predicted octanol–water partition coefficient (Wildman–Crippen LogP) is 5.09. The number of rotatable bonds is 8. The zero-order chi connectivity index (χ0) is 21.7. The van der Waals surface area contributed by atoms with Crippen LogP contribution in [-0.4, -0.2) is 20.4 Å². The Morgan fingerprint density at radius 1 is 1.06 bits per heavy atom. The smallest absolute Gasteiger partial charge is 0.274 e. The van der Waals surface area contributed by atoms with Crippen molar-refractivity contribution in [2.24, 2.45) is 0 Å². The quantitative estimate of drug-likeness (QED) is 0.421. The number of hydrogen-bond acceptors (Lipinski definition) is 5. The first-order valence-corrected chi connectivity index (χ1v) is 10.9. The maximum absolute atomic E-state index is 12.8. The van der Waals surface area contributed by atoms with E-state index in [4.69, 9.17) is 4.74 Å². The maximum Gasteiger partial charge on any atom is 0.274 e. The summed E-state index contributed by atoms with van der Waals surface area (Å²) in [6.45, 7) is 5.06. The van der Waals surface area contributed by atoms with Gasteiger partial charge in [-0.1, -0.05) is 30.3 Å². The molecule has 4 rings (SSSR count). The zero-order valence-electron chi connectivity index (χ0n) is 17.5. The van der Waals surface area contributed by atoms with Gasteiger partial charge in [0, 0.05) is 30.5 Å². The van der Waals surface area contributed by atoms with Crippen molar-refractivity contribution in [2.75, 3.05) is 5.32 Å². The minimum absolute atomic E-state index is 0.192. The van der Waals surface area contributed by atoms with E-state index in [1.54, 1.807) is 18.5 Å². The number of carbonyl (C=O) groups excluding carboxylic acids is 1. The number of pyridine rings is 1. The Morgan fingerprint density at radius 2 is 1.84 bits per heavy atom. The fourth-order valence-corrected chi connectivity index (χ4v) is 3.99. The van der Waals surface area contributed by atoms with Gasteiger partial charge in [0.25, 0.3) is 5.91 Å². The van der Waals surface area contributed by atoms with E-state index in [-0.39, 0.29) is 5.91 Å². The van der Waals surface area contributed by atoms with E-state index in [1.807, 2.05) is 78.5 Å². The first-order chi connectivity index (χ1) is 15.0. The van der Waals surface area contributed by atoms with Crippen LogP contribution in [0.3, 0.4) is 0 Å². The molecule has 6 nitrogen and oxygen atoms in total. The molecular weight excluding hydrogens is 408 g/mol. The van der Waals surface area contributed by atoms with E-state index in [0.29, 0.717) is 24.0 Å². The molecule has 1 N–H and O–H groups in total. The molecule has 31 heavy (non-hydrogen) atoms. The van der Waals surface area contributed by atoms with Crippen molar-refractivity contribution in [1.82, 2.24) is 14.5 Å². The van der Waals surface area contributed by atoms with Crippen molar-refractivity contribution in [3.8, 4) is 0 Å². The van der Waals surface area contributed by atoms with Gasteiger partial charge in [-0.25, -0.2) is 4.98 Å². The minimum Gasteiger partial charge on any atom is -0.365 e. The van der Waals surface area contributed by atoms with Gasteiger partial charge in [-0.15, -0.1) is 11.3 Å². The highest BCUT2D eigenvalue weighted by Gasteiger charge is 2.25. The highest BCUT2D eigenvalue weighted by atomic mass is 32.1. The third-order valence-electron chi connectivity index (χ3n) is 4.95. The Morgan fingerprint density at radius 3 is 2.61 bits per heavy atom. The number of ether oxygens (including phenoxy) is 1. The molecule has 3 heterocycles. The van der Waals surface area contributed by atoms with E-state index in [0.717, 1.165) is 16.8 Å². The van der Waals surface area contributed by atoms with Gasteiger partial charge in [-0.3, -0.25) is 15.1 Å². The standard InChI is InChI=1S/C24H24N4O2S/c1-24(2,30-16-19-7-4-3-5-8-19)21-17-31-23(26-21)27-22(29)20-9-6-14-28(20)15-18-10-12-25-13-11-18/h3-14,17H,15-16H2,1-2H3,(H,26,27,29). The van der Waals surface area contributed by atoms with Crippen LogP contribution in [0.1, 0.15) is 41.2 Å². The molecule has 0 spiro atoms. The Balaban J connectivity index is 1.41. The highest BCUT2D eigenvalue weighted by Crippen LogP contribution is 2.29. The summed E-state index contributed by atoms with van der Waals surface area (Å²) in [4.78, 5) is 21.5. The molecule has 4 aromatic rings. The SMILES string of the molecule is CC(C)(OCc1ccccc1)c1csc(NC(=O)c2cccn2Cc2ccncc2)n1. The van der Waals surface area contributed by atoms with Crippen LogP contribution in [0.2, 0.25) is 0 Å². The largest absolute Gasteiger partial charge is 0.365 e. The molecule has 158 valence electrons. The molecule has 0 bridgehead atoms. The van der Waals surface area contributed by atoms with Gasteiger partial charge >= 0.3 is 0 Å². The van der Waals surface area contributed by atoms with E-state index in [1.165, 1.54) is 11.3 Å². The average molecular weight is 433 g/mol. The van der Waals surface area contributed by atoms with Crippen LogP contribution in [0, 0.1) is 0 Å². The zero-order valence-corrected chi connectivity index (χ0v) is 18.3. The maximum atomic E-state index is 12.8. The summed E-state index contributed by atoms with van der Waals surface area (Å²) in [5, 5.41) is 5.39. The van der Waals surface area contributed by atoms with Gasteiger partial charge in [-0.2, -0.15) is 0 Å². The second-order valence-corrected chi connectivity index (χ2v) is 8.51. The third kappa shape index (κ3) is 5.25. The number of thiazole rings is 1. The lowest BCUT2D eigenvalue weighted by Crippen LogP contribution is -2.22. The molecule has 0 unspecified atom stereocenters. The molecule has 0 aliphatic heterocycles. The molecule has 0 aliphatic rings. The fourth-order valence-electron chi connectivity index (χ4n) is 3.12. The molecule has 0 radical (unpaired) electrons. The van der Waals surface area contributed by atoms with E-state index < -0.39 is 5.60 Å². The second kappa shape index (κ2) is 9.24. The molecule has 0 aliphatic carbocycles. The van der Waals surface area contributed by atoms with Gasteiger partial charge in [0.15, 0.2) is 5.13 Å². The summed E-state index contributed by atoms with van der Waals surface area (Å²) in [5.41, 5.74) is 2.98. The van der Waals surface area contributed by atoms with Crippen molar-refractivity contribution < 1.29 is 9.53 Å². The van der Waals surface area contributed by atoms with Crippen molar-refractivity contribution in [1.29, 1.82) is 0 Å². The first-order valence-electron chi connectivity index (χ1n) is 10.0. The molecule has 1 amide bonds. The molecule has 0 saturated heterocycles. The van der Waals surface area contributed by atoms with Crippen molar-refractivity contribution in [3.63, 3.8) is 0 Å². The minimum atomic E-state index is -0.573. The topological polar surface area (TPSA) is 69.0 Å². The van der Waals surface area contributed by atoms with Crippen LogP contribution in [0.4, 0.5) is 5.13 Å². The third-order valence-corrected chi connectivity index (χ3v) is 5.71. The average Bonchev–Trinajstić information content (AvgIpc) is 3.44. The number of nitrogens with zero attached hydrogens (tertiary/aromatic N) is 3. The molecule has 0 fully saturated rings. The van der Waals surface area contributed by atoms with E-state index >= 15 is 0 Å². The Bertz CT molecular complexity index is 1140. The predicted molar refractivity (Wildman–Crippen MR) is 122 cm³/mol. The number of benzene rings is 1. The Hall–Kier alpha value is -3.29. The van der Waals surface area contributed by atoms with Crippen molar-refractivity contribution >= 4 is 22.4 Å². The number of aromatic nitrogens is 3. The van der Waals surface area contributed by atoms with Crippen LogP contribution in [-0.2, 0) is 23.5 Å². The van der Waals surface area contributed by atoms with Gasteiger partial charge in [0.05, 0.1) is 12.3 Å². The summed E-state index contributed by atoms with van der Waals surface area (Å²) in [5.74, 6) is -0.192. The molecule has 1 aromatic carbocycles. The summed E-state index contributed by atoms with van der Waals surface area (Å²) in [6.07, 6.45) is 5.39. The summed E-state index contributed by atoms with van der Waals surface area (Å²) >= 11 is 1.39. The molecule has 3 aromatic heterocycles. The molecule has 0 saturated carbocycles. The van der Waals surface area contributed by atoms with Crippen LogP contribution in [0.5, 0.6) is 0 Å². The number of amides is 1. The van der Waals surface area contributed by atoms with E-state index in [9.17, 15) is 4.79 Å². The number of carbonyl (C=O) groups is 1.